The Bertz CT molecular complexity index is 308. The van der Waals surface area contributed by atoms with Crippen LogP contribution in [0.3, 0.4) is 0 Å². The topological polar surface area (TPSA) is 66.9 Å². The molecule has 0 unspecified atom stereocenters. The summed E-state index contributed by atoms with van der Waals surface area (Å²) in [6.07, 6.45) is 6.61. The summed E-state index contributed by atoms with van der Waals surface area (Å²) in [5.41, 5.74) is 0. The van der Waals surface area contributed by atoms with Crippen LogP contribution >= 0.6 is 0 Å². The van der Waals surface area contributed by atoms with Crippen LogP contribution in [0.5, 0.6) is 0 Å². The average molecular weight is 192 g/mol. The van der Waals surface area contributed by atoms with Crippen molar-refractivity contribution >= 4 is 11.7 Å². The van der Waals surface area contributed by atoms with Crippen LogP contribution in [0.15, 0.2) is 18.6 Å². The fourth-order valence-electron chi connectivity index (χ4n) is 1.49. The molecule has 0 radical (unpaired) electrons. The molecule has 2 N–H and O–H groups in total. The van der Waals surface area contributed by atoms with Gasteiger partial charge in [0.25, 0.3) is 0 Å². The molecule has 0 spiro atoms. The number of nitrogens with zero attached hydrogens (tertiary/aromatic N) is 2. The zero-order chi connectivity index (χ0) is 9.80. The minimum Gasteiger partial charge on any atom is -0.308 e. The molecular weight excluding hydrogens is 180 g/mol. The summed E-state index contributed by atoms with van der Waals surface area (Å²) >= 11 is 0. The molecule has 1 atom stereocenters. The lowest BCUT2D eigenvalue weighted by atomic mass is 10.2. The Morgan fingerprint density at radius 1 is 1.57 bits per heavy atom. The van der Waals surface area contributed by atoms with E-state index in [9.17, 15) is 4.79 Å². The number of hydrogen-bond donors (Lipinski definition) is 2. The number of amides is 1. The minimum atomic E-state index is -0.0722. The highest BCUT2D eigenvalue weighted by molar-refractivity contribution is 5.94. The largest absolute Gasteiger partial charge is 0.308 e. The highest BCUT2D eigenvalue weighted by Gasteiger charge is 2.21. The summed E-state index contributed by atoms with van der Waals surface area (Å²) in [6.45, 7) is 0.915. The molecule has 1 amide bonds. The SMILES string of the molecule is O=C(Nc1cnccn1)[C@@H]1CCCN1. The molecule has 5 nitrogen and oxygen atoms in total. The van der Waals surface area contributed by atoms with E-state index in [1.54, 1.807) is 12.4 Å². The van der Waals surface area contributed by atoms with Crippen LogP contribution in [0.2, 0.25) is 0 Å². The van der Waals surface area contributed by atoms with E-state index >= 15 is 0 Å². The molecule has 1 aliphatic heterocycles. The molecule has 5 heteroatoms. The van der Waals surface area contributed by atoms with Gasteiger partial charge in [-0.15, -0.1) is 0 Å². The van der Waals surface area contributed by atoms with Gasteiger partial charge in [-0.25, -0.2) is 4.98 Å². The summed E-state index contributed by atoms with van der Waals surface area (Å²) in [7, 11) is 0. The number of rotatable bonds is 2. The van der Waals surface area contributed by atoms with Crippen LogP contribution in [-0.2, 0) is 4.79 Å². The molecule has 1 saturated heterocycles. The van der Waals surface area contributed by atoms with E-state index in [4.69, 9.17) is 0 Å². The van der Waals surface area contributed by atoms with Gasteiger partial charge in [-0.2, -0.15) is 0 Å². The number of carbonyl (C=O) groups excluding carboxylic acids is 1. The van der Waals surface area contributed by atoms with Crippen molar-refractivity contribution in [2.24, 2.45) is 0 Å². The Morgan fingerprint density at radius 3 is 3.14 bits per heavy atom. The second kappa shape index (κ2) is 4.15. The third kappa shape index (κ3) is 2.05. The first kappa shape index (κ1) is 9.08. The fraction of sp³-hybridized carbons (Fsp3) is 0.444. The van der Waals surface area contributed by atoms with E-state index in [0.29, 0.717) is 5.82 Å². The van der Waals surface area contributed by atoms with Crippen molar-refractivity contribution in [1.82, 2.24) is 15.3 Å². The summed E-state index contributed by atoms with van der Waals surface area (Å²) in [6, 6.07) is -0.0722. The molecular formula is C9H12N4O. The Morgan fingerprint density at radius 2 is 2.50 bits per heavy atom. The molecule has 1 aromatic heterocycles. The molecule has 1 fully saturated rings. The number of hydrogen-bond acceptors (Lipinski definition) is 4. The van der Waals surface area contributed by atoms with E-state index in [-0.39, 0.29) is 11.9 Å². The van der Waals surface area contributed by atoms with Gasteiger partial charge in [-0.3, -0.25) is 9.78 Å². The molecule has 1 aromatic rings. The molecule has 1 aliphatic rings. The van der Waals surface area contributed by atoms with Gasteiger partial charge in [0.15, 0.2) is 5.82 Å². The smallest absolute Gasteiger partial charge is 0.242 e. The van der Waals surface area contributed by atoms with Gasteiger partial charge in [0, 0.05) is 12.4 Å². The van der Waals surface area contributed by atoms with Gasteiger partial charge in [-0.1, -0.05) is 0 Å². The molecule has 0 bridgehead atoms. The zero-order valence-electron chi connectivity index (χ0n) is 7.73. The van der Waals surface area contributed by atoms with Crippen molar-refractivity contribution in [2.45, 2.75) is 18.9 Å². The highest BCUT2D eigenvalue weighted by atomic mass is 16.2. The van der Waals surface area contributed by atoms with Crippen LogP contribution in [0.4, 0.5) is 5.82 Å². The second-order valence-electron chi connectivity index (χ2n) is 3.23. The van der Waals surface area contributed by atoms with E-state index in [0.717, 1.165) is 19.4 Å². The summed E-state index contributed by atoms with van der Waals surface area (Å²) in [4.78, 5) is 19.4. The van der Waals surface area contributed by atoms with Gasteiger partial charge in [0.1, 0.15) is 0 Å². The Hall–Kier alpha value is -1.49. The van der Waals surface area contributed by atoms with Crippen molar-refractivity contribution in [3.8, 4) is 0 Å². The van der Waals surface area contributed by atoms with Crippen LogP contribution in [0.25, 0.3) is 0 Å². The maximum absolute atomic E-state index is 11.6. The zero-order valence-corrected chi connectivity index (χ0v) is 7.73. The lowest BCUT2D eigenvalue weighted by Crippen LogP contribution is -2.35. The van der Waals surface area contributed by atoms with E-state index in [1.165, 1.54) is 6.20 Å². The maximum Gasteiger partial charge on any atom is 0.242 e. The lowest BCUT2D eigenvalue weighted by molar-refractivity contribution is -0.117. The standard InChI is InChI=1S/C9H12N4O/c14-9(7-2-1-3-11-7)13-8-6-10-4-5-12-8/h4-7,11H,1-3H2,(H,12,13,14)/t7-/m0/s1. The van der Waals surface area contributed by atoms with Gasteiger partial charge in [-0.05, 0) is 19.4 Å². The number of aromatic nitrogens is 2. The van der Waals surface area contributed by atoms with Gasteiger partial charge >= 0.3 is 0 Å². The second-order valence-corrected chi connectivity index (χ2v) is 3.23. The van der Waals surface area contributed by atoms with Crippen molar-refractivity contribution in [1.29, 1.82) is 0 Å². The number of anilines is 1. The minimum absolute atomic E-state index is 0.0250. The van der Waals surface area contributed by atoms with Crippen molar-refractivity contribution in [3.63, 3.8) is 0 Å². The lowest BCUT2D eigenvalue weighted by Gasteiger charge is -2.09. The van der Waals surface area contributed by atoms with E-state index < -0.39 is 0 Å². The van der Waals surface area contributed by atoms with Gasteiger partial charge in [0.2, 0.25) is 5.91 Å². The molecule has 2 heterocycles. The first-order valence-corrected chi connectivity index (χ1v) is 4.66. The summed E-state index contributed by atoms with van der Waals surface area (Å²) in [5, 5.41) is 5.83. The normalized spacial score (nSPS) is 20.7. The Kier molecular flexibility index (Phi) is 2.69. The first-order valence-electron chi connectivity index (χ1n) is 4.66. The van der Waals surface area contributed by atoms with E-state index in [1.807, 2.05) is 0 Å². The van der Waals surface area contributed by atoms with Crippen molar-refractivity contribution in [3.05, 3.63) is 18.6 Å². The van der Waals surface area contributed by atoms with Crippen molar-refractivity contribution in [2.75, 3.05) is 11.9 Å². The number of nitrogens with one attached hydrogen (secondary N) is 2. The highest BCUT2D eigenvalue weighted by Crippen LogP contribution is 2.07. The van der Waals surface area contributed by atoms with Crippen LogP contribution in [0, 0.1) is 0 Å². The predicted octanol–water partition coefficient (Wildman–Crippen LogP) is 0.167. The third-order valence-corrected chi connectivity index (χ3v) is 2.19. The summed E-state index contributed by atoms with van der Waals surface area (Å²) < 4.78 is 0. The third-order valence-electron chi connectivity index (χ3n) is 2.19. The Balaban J connectivity index is 1.94. The summed E-state index contributed by atoms with van der Waals surface area (Å²) in [5.74, 6) is 0.481. The van der Waals surface area contributed by atoms with Crippen LogP contribution in [0.1, 0.15) is 12.8 Å². The molecule has 2 rings (SSSR count). The maximum atomic E-state index is 11.6. The molecule has 74 valence electrons. The van der Waals surface area contributed by atoms with Gasteiger partial charge < -0.3 is 10.6 Å². The monoisotopic (exact) mass is 192 g/mol. The fourth-order valence-corrected chi connectivity index (χ4v) is 1.49. The molecule has 0 saturated carbocycles. The molecule has 0 aliphatic carbocycles. The predicted molar refractivity (Wildman–Crippen MR) is 51.7 cm³/mol. The quantitative estimate of drug-likeness (QED) is 0.700. The van der Waals surface area contributed by atoms with Gasteiger partial charge in [0.05, 0.1) is 12.2 Å². The Labute approximate surface area is 82.0 Å². The first-order chi connectivity index (χ1) is 6.86. The van der Waals surface area contributed by atoms with E-state index in [2.05, 4.69) is 20.6 Å². The van der Waals surface area contributed by atoms with Crippen LogP contribution < -0.4 is 10.6 Å². The molecule has 0 aromatic carbocycles. The average Bonchev–Trinajstić information content (AvgIpc) is 2.72. The number of carbonyl (C=O) groups is 1. The van der Waals surface area contributed by atoms with Crippen LogP contribution in [-0.4, -0.2) is 28.5 Å². The van der Waals surface area contributed by atoms with Crippen molar-refractivity contribution < 1.29 is 4.79 Å². The molecule has 14 heavy (non-hydrogen) atoms.